The Balaban J connectivity index is 2.81. The van der Waals surface area contributed by atoms with E-state index < -0.39 is 0 Å². The van der Waals surface area contributed by atoms with Crippen LogP contribution >= 0.6 is 11.5 Å². The number of anilines is 2. The molecule has 0 aromatic carbocycles. The zero-order chi connectivity index (χ0) is 13.0. The first-order chi connectivity index (χ1) is 7.95. The number of aromatic nitrogens is 1. The van der Waals surface area contributed by atoms with Gasteiger partial charge in [-0.3, -0.25) is 4.79 Å². The first-order valence-electron chi connectivity index (χ1n) is 5.69. The van der Waals surface area contributed by atoms with Crippen LogP contribution in [0.15, 0.2) is 0 Å². The average Bonchev–Trinajstić information content (AvgIpc) is 2.57. The Morgan fingerprint density at radius 3 is 2.65 bits per heavy atom. The molecule has 1 heterocycles. The van der Waals surface area contributed by atoms with Crippen LogP contribution in [0, 0.1) is 5.92 Å². The summed E-state index contributed by atoms with van der Waals surface area (Å²) in [7, 11) is 1.58. The molecule has 6 heteroatoms. The van der Waals surface area contributed by atoms with Crippen LogP contribution in [0.5, 0.6) is 0 Å². The van der Waals surface area contributed by atoms with Crippen molar-refractivity contribution >= 4 is 28.3 Å². The largest absolute Gasteiger partial charge is 0.382 e. The van der Waals surface area contributed by atoms with Gasteiger partial charge in [-0.25, -0.2) is 0 Å². The average molecular weight is 256 g/mol. The van der Waals surface area contributed by atoms with Crippen LogP contribution in [0.4, 0.5) is 10.8 Å². The van der Waals surface area contributed by atoms with Crippen LogP contribution in [0.25, 0.3) is 0 Å². The van der Waals surface area contributed by atoms with Gasteiger partial charge in [0, 0.05) is 13.1 Å². The summed E-state index contributed by atoms with van der Waals surface area (Å²) < 4.78 is 4.01. The standard InChI is InChI=1S/C11H20N4OS/c1-6(2)5-7(3)14-11-8(10(16)13-4)9(12)15-17-11/h6-7,14H,5H2,1-4H3,(H2,12,15)(H,13,16). The van der Waals surface area contributed by atoms with Crippen molar-refractivity contribution in [1.82, 2.24) is 9.69 Å². The summed E-state index contributed by atoms with van der Waals surface area (Å²) in [5, 5.41) is 6.61. The van der Waals surface area contributed by atoms with Gasteiger partial charge in [0.25, 0.3) is 5.91 Å². The Labute approximate surface area is 106 Å². The summed E-state index contributed by atoms with van der Waals surface area (Å²) in [6, 6.07) is 0.290. The first-order valence-corrected chi connectivity index (χ1v) is 6.46. The molecule has 4 N–H and O–H groups in total. The molecule has 0 bridgehead atoms. The van der Waals surface area contributed by atoms with Crippen molar-refractivity contribution < 1.29 is 4.79 Å². The van der Waals surface area contributed by atoms with Crippen LogP contribution in [0.1, 0.15) is 37.6 Å². The summed E-state index contributed by atoms with van der Waals surface area (Å²) >= 11 is 1.23. The fourth-order valence-electron chi connectivity index (χ4n) is 1.74. The van der Waals surface area contributed by atoms with Crippen LogP contribution in [-0.4, -0.2) is 23.4 Å². The molecule has 1 amide bonds. The molecule has 1 aromatic rings. The summed E-state index contributed by atoms with van der Waals surface area (Å²) in [6.07, 6.45) is 1.03. The Bertz CT molecular complexity index is 389. The molecule has 1 atom stereocenters. The van der Waals surface area contributed by atoms with Crippen LogP contribution in [-0.2, 0) is 0 Å². The van der Waals surface area contributed by atoms with E-state index in [4.69, 9.17) is 5.73 Å². The van der Waals surface area contributed by atoms with Gasteiger partial charge in [0.05, 0.1) is 0 Å². The summed E-state index contributed by atoms with van der Waals surface area (Å²) in [6.45, 7) is 6.42. The Kier molecular flexibility index (Phi) is 4.74. The van der Waals surface area contributed by atoms with Gasteiger partial charge in [-0.1, -0.05) is 13.8 Å². The fraction of sp³-hybridized carbons (Fsp3) is 0.636. The minimum Gasteiger partial charge on any atom is -0.382 e. The highest BCUT2D eigenvalue weighted by molar-refractivity contribution is 7.11. The van der Waals surface area contributed by atoms with E-state index in [1.165, 1.54) is 11.5 Å². The second-order valence-corrected chi connectivity index (χ2v) is 5.30. The van der Waals surface area contributed by atoms with Gasteiger partial charge in [0.2, 0.25) is 0 Å². The van der Waals surface area contributed by atoms with Gasteiger partial charge < -0.3 is 16.4 Å². The van der Waals surface area contributed by atoms with Gasteiger partial charge in [0.1, 0.15) is 10.6 Å². The fourth-order valence-corrected chi connectivity index (χ4v) is 2.56. The van der Waals surface area contributed by atoms with Gasteiger partial charge in [-0.05, 0) is 30.8 Å². The molecule has 1 unspecified atom stereocenters. The zero-order valence-electron chi connectivity index (χ0n) is 10.7. The molecule has 96 valence electrons. The lowest BCUT2D eigenvalue weighted by molar-refractivity contribution is 0.0965. The van der Waals surface area contributed by atoms with Crippen molar-refractivity contribution in [3.63, 3.8) is 0 Å². The normalized spacial score (nSPS) is 12.5. The SMILES string of the molecule is CNC(=O)c1c(N)nsc1NC(C)CC(C)C. The van der Waals surface area contributed by atoms with E-state index in [-0.39, 0.29) is 11.7 Å². The molecule has 0 aliphatic rings. The molecule has 0 spiro atoms. The summed E-state index contributed by atoms with van der Waals surface area (Å²) in [5.41, 5.74) is 6.15. The van der Waals surface area contributed by atoms with E-state index >= 15 is 0 Å². The minimum atomic E-state index is -0.199. The Morgan fingerprint density at radius 2 is 2.12 bits per heavy atom. The lowest BCUT2D eigenvalue weighted by Gasteiger charge is -2.16. The van der Waals surface area contributed by atoms with Gasteiger partial charge in [-0.2, -0.15) is 4.37 Å². The highest BCUT2D eigenvalue weighted by atomic mass is 32.1. The van der Waals surface area contributed by atoms with E-state index in [9.17, 15) is 4.79 Å². The zero-order valence-corrected chi connectivity index (χ0v) is 11.5. The first kappa shape index (κ1) is 13.8. The topological polar surface area (TPSA) is 80.0 Å². The van der Waals surface area contributed by atoms with E-state index in [1.807, 2.05) is 0 Å². The quantitative estimate of drug-likeness (QED) is 0.752. The molecule has 1 rings (SSSR count). The maximum absolute atomic E-state index is 11.7. The van der Waals surface area contributed by atoms with Crippen molar-refractivity contribution in [2.45, 2.75) is 33.2 Å². The molecule has 1 aromatic heterocycles. The van der Waals surface area contributed by atoms with Gasteiger partial charge >= 0.3 is 0 Å². The van der Waals surface area contributed by atoms with E-state index in [1.54, 1.807) is 7.05 Å². The number of nitrogen functional groups attached to an aromatic ring is 1. The number of nitrogens with zero attached hydrogens (tertiary/aromatic N) is 1. The van der Waals surface area contributed by atoms with Crippen molar-refractivity contribution in [3.05, 3.63) is 5.56 Å². The molecule has 0 aliphatic heterocycles. The maximum atomic E-state index is 11.7. The maximum Gasteiger partial charge on any atom is 0.257 e. The molecule has 0 fully saturated rings. The molecular weight excluding hydrogens is 236 g/mol. The minimum absolute atomic E-state index is 0.199. The summed E-state index contributed by atoms with van der Waals surface area (Å²) in [5.74, 6) is 0.690. The highest BCUT2D eigenvalue weighted by Gasteiger charge is 2.19. The molecule has 0 aliphatic carbocycles. The predicted molar refractivity (Wildman–Crippen MR) is 72.5 cm³/mol. The van der Waals surface area contributed by atoms with Crippen LogP contribution < -0.4 is 16.4 Å². The number of carbonyl (C=O) groups is 1. The molecule has 0 saturated carbocycles. The molecule has 5 nitrogen and oxygen atoms in total. The smallest absolute Gasteiger partial charge is 0.257 e. The molecule has 17 heavy (non-hydrogen) atoms. The number of amides is 1. The monoisotopic (exact) mass is 256 g/mol. The number of carbonyl (C=O) groups excluding carboxylic acids is 1. The Morgan fingerprint density at radius 1 is 1.47 bits per heavy atom. The van der Waals surface area contributed by atoms with Crippen molar-refractivity contribution in [3.8, 4) is 0 Å². The number of nitrogens with two attached hydrogens (primary N) is 1. The lowest BCUT2D eigenvalue weighted by Crippen LogP contribution is -2.22. The second kappa shape index (κ2) is 5.86. The van der Waals surface area contributed by atoms with Crippen molar-refractivity contribution in [1.29, 1.82) is 0 Å². The third-order valence-corrected chi connectivity index (χ3v) is 3.17. The number of nitrogens with one attached hydrogen (secondary N) is 2. The van der Waals surface area contributed by atoms with Crippen LogP contribution in [0.2, 0.25) is 0 Å². The molecule has 0 radical (unpaired) electrons. The Hall–Kier alpha value is -1.30. The van der Waals surface area contributed by atoms with Crippen molar-refractivity contribution in [2.75, 3.05) is 18.1 Å². The van der Waals surface area contributed by atoms with E-state index in [0.29, 0.717) is 17.5 Å². The van der Waals surface area contributed by atoms with Gasteiger partial charge in [-0.15, -0.1) is 0 Å². The number of rotatable bonds is 5. The predicted octanol–water partition coefficient (Wildman–Crippen LogP) is 1.93. The number of hydrogen-bond donors (Lipinski definition) is 3. The third-order valence-electron chi connectivity index (χ3n) is 2.38. The summed E-state index contributed by atoms with van der Waals surface area (Å²) in [4.78, 5) is 11.7. The third kappa shape index (κ3) is 3.59. The van der Waals surface area contributed by atoms with E-state index in [0.717, 1.165) is 11.4 Å². The highest BCUT2D eigenvalue weighted by Crippen LogP contribution is 2.27. The van der Waals surface area contributed by atoms with Gasteiger partial charge in [0.15, 0.2) is 5.82 Å². The molecule has 0 saturated heterocycles. The van der Waals surface area contributed by atoms with E-state index in [2.05, 4.69) is 35.8 Å². The van der Waals surface area contributed by atoms with Crippen molar-refractivity contribution in [2.24, 2.45) is 5.92 Å². The van der Waals surface area contributed by atoms with Crippen LogP contribution in [0.3, 0.4) is 0 Å². The lowest BCUT2D eigenvalue weighted by atomic mass is 10.1. The number of hydrogen-bond acceptors (Lipinski definition) is 5. The second-order valence-electron chi connectivity index (χ2n) is 4.53. The molecular formula is C11H20N4OS.